The van der Waals surface area contributed by atoms with Gasteiger partial charge in [-0.3, -0.25) is 4.79 Å². The molecular weight excluding hydrogens is 256 g/mol. The van der Waals surface area contributed by atoms with Gasteiger partial charge in [0.1, 0.15) is 5.15 Å². The molecule has 0 spiro atoms. The van der Waals surface area contributed by atoms with Gasteiger partial charge in [-0.2, -0.15) is 0 Å². The van der Waals surface area contributed by atoms with Gasteiger partial charge >= 0.3 is 0 Å². The topological polar surface area (TPSA) is 30.0 Å². The summed E-state index contributed by atoms with van der Waals surface area (Å²) in [6, 6.07) is 7.12. The lowest BCUT2D eigenvalue weighted by Gasteiger charge is -2.05. The van der Waals surface area contributed by atoms with Crippen molar-refractivity contribution in [3.8, 4) is 0 Å². The maximum absolute atomic E-state index is 11.1. The summed E-state index contributed by atoms with van der Waals surface area (Å²) in [5.41, 5.74) is 0.688. The van der Waals surface area contributed by atoms with E-state index >= 15 is 0 Å². The summed E-state index contributed by atoms with van der Waals surface area (Å²) >= 11 is 17.2. The minimum Gasteiger partial charge on any atom is -0.275 e. The molecule has 0 amide bonds. The van der Waals surface area contributed by atoms with Gasteiger partial charge in [-0.25, -0.2) is 4.98 Å². The summed E-state index contributed by atoms with van der Waals surface area (Å²) < 4.78 is 0. The molecule has 0 unspecified atom stereocenters. The fourth-order valence-corrected chi connectivity index (χ4v) is 2.25. The number of rotatable bonds is 1. The van der Waals surface area contributed by atoms with Crippen LogP contribution in [0.4, 0.5) is 0 Å². The third-order valence-corrected chi connectivity index (χ3v) is 2.84. The van der Waals surface area contributed by atoms with Crippen LogP contribution in [0.3, 0.4) is 0 Å². The van der Waals surface area contributed by atoms with Crippen LogP contribution in [-0.2, 0) is 0 Å². The summed E-state index contributed by atoms with van der Waals surface area (Å²) in [5.74, 6) is 0. The summed E-state index contributed by atoms with van der Waals surface area (Å²) in [6.45, 7) is 0. The molecule has 5 heteroatoms. The number of nitrogens with zero attached hydrogens (tertiary/aromatic N) is 1. The smallest absolute Gasteiger partial charge is 0.257 e. The Kier molecular flexibility index (Phi) is 2.83. The van der Waals surface area contributed by atoms with Crippen molar-refractivity contribution in [1.29, 1.82) is 0 Å². The van der Waals surface area contributed by atoms with Crippen molar-refractivity contribution < 1.29 is 4.79 Å². The van der Waals surface area contributed by atoms with Crippen molar-refractivity contribution >= 4 is 50.9 Å². The number of fused-ring (bicyclic) bond motifs is 1. The van der Waals surface area contributed by atoms with Crippen molar-refractivity contribution in [3.63, 3.8) is 0 Å². The fraction of sp³-hybridized carbons (Fsp3) is 0. The maximum Gasteiger partial charge on any atom is 0.257 e. The van der Waals surface area contributed by atoms with Crippen LogP contribution in [0.1, 0.15) is 10.4 Å². The molecule has 2 aromatic rings. The number of pyridine rings is 1. The largest absolute Gasteiger partial charge is 0.275 e. The van der Waals surface area contributed by atoms with Crippen LogP contribution >= 0.6 is 34.8 Å². The minimum atomic E-state index is -0.705. The molecule has 2 rings (SSSR count). The van der Waals surface area contributed by atoms with E-state index in [0.29, 0.717) is 10.9 Å². The molecule has 1 aromatic heterocycles. The predicted molar refractivity (Wildman–Crippen MR) is 61.9 cm³/mol. The Morgan fingerprint density at radius 3 is 2.53 bits per heavy atom. The van der Waals surface area contributed by atoms with Crippen LogP contribution in [-0.4, -0.2) is 10.2 Å². The van der Waals surface area contributed by atoms with Crippen molar-refractivity contribution in [2.45, 2.75) is 0 Å². The molecule has 0 atom stereocenters. The Morgan fingerprint density at radius 1 is 1.20 bits per heavy atom. The van der Waals surface area contributed by atoms with E-state index in [1.54, 1.807) is 18.2 Å². The zero-order valence-corrected chi connectivity index (χ0v) is 9.57. The molecule has 0 N–H and O–H groups in total. The number of para-hydroxylation sites is 1. The van der Waals surface area contributed by atoms with Gasteiger partial charge in [0.15, 0.2) is 0 Å². The number of halogens is 3. The van der Waals surface area contributed by atoms with E-state index in [2.05, 4.69) is 4.98 Å². The molecule has 76 valence electrons. The van der Waals surface area contributed by atoms with Crippen LogP contribution in [0.5, 0.6) is 0 Å². The number of carbonyl (C=O) groups is 1. The van der Waals surface area contributed by atoms with E-state index < -0.39 is 5.24 Å². The summed E-state index contributed by atoms with van der Waals surface area (Å²) in [5, 5.41) is 0.222. The zero-order chi connectivity index (χ0) is 11.0. The van der Waals surface area contributed by atoms with Crippen LogP contribution in [0.25, 0.3) is 10.9 Å². The number of aromatic nitrogens is 1. The minimum absolute atomic E-state index is 0.0266. The molecule has 0 aliphatic rings. The molecule has 0 radical (unpaired) electrons. The second-order valence-electron chi connectivity index (χ2n) is 2.88. The van der Waals surface area contributed by atoms with Gasteiger partial charge in [0, 0.05) is 5.39 Å². The molecule has 2 nitrogen and oxygen atoms in total. The van der Waals surface area contributed by atoms with E-state index in [1.165, 1.54) is 0 Å². The Balaban J connectivity index is 2.90. The van der Waals surface area contributed by atoms with Gasteiger partial charge in [0.25, 0.3) is 5.24 Å². The van der Waals surface area contributed by atoms with E-state index in [9.17, 15) is 4.79 Å². The molecule has 0 aliphatic carbocycles. The third kappa shape index (κ3) is 1.81. The number of carbonyl (C=O) groups excluding carboxylic acids is 1. The fourth-order valence-electron chi connectivity index (χ4n) is 1.31. The first-order valence-corrected chi connectivity index (χ1v) is 5.18. The second-order valence-corrected chi connectivity index (χ2v) is 3.96. The molecule has 0 aliphatic heterocycles. The van der Waals surface area contributed by atoms with Crippen molar-refractivity contribution in [2.75, 3.05) is 0 Å². The normalized spacial score (nSPS) is 10.6. The Morgan fingerprint density at radius 2 is 1.87 bits per heavy atom. The first-order chi connectivity index (χ1) is 7.11. The standard InChI is InChI=1S/C10H4Cl3NO/c11-8-5-3-1-2-4-6(5)14-9(12)7(8)10(13)15/h1-4H. The molecule has 0 bridgehead atoms. The van der Waals surface area contributed by atoms with Gasteiger partial charge in [-0.1, -0.05) is 41.4 Å². The average Bonchev–Trinajstić information content (AvgIpc) is 2.17. The van der Waals surface area contributed by atoms with Crippen LogP contribution < -0.4 is 0 Å². The van der Waals surface area contributed by atoms with E-state index in [1.807, 2.05) is 6.07 Å². The first kappa shape index (κ1) is 10.7. The van der Waals surface area contributed by atoms with E-state index in [0.717, 1.165) is 0 Å². The van der Waals surface area contributed by atoms with Gasteiger partial charge in [0.2, 0.25) is 0 Å². The number of hydrogen-bond acceptors (Lipinski definition) is 2. The SMILES string of the molecule is O=C(Cl)c1c(Cl)nc2ccccc2c1Cl. The lowest BCUT2D eigenvalue weighted by Crippen LogP contribution is -1.96. The Hall–Kier alpha value is -0.830. The van der Waals surface area contributed by atoms with E-state index in [-0.39, 0.29) is 15.7 Å². The van der Waals surface area contributed by atoms with Crippen LogP contribution in [0, 0.1) is 0 Å². The summed E-state index contributed by atoms with van der Waals surface area (Å²) in [4.78, 5) is 15.1. The predicted octanol–water partition coefficient (Wildman–Crippen LogP) is 3.92. The van der Waals surface area contributed by atoms with Crippen LogP contribution in [0.2, 0.25) is 10.2 Å². The molecule has 0 saturated heterocycles. The van der Waals surface area contributed by atoms with Crippen molar-refractivity contribution in [3.05, 3.63) is 40.0 Å². The maximum atomic E-state index is 11.1. The summed E-state index contributed by atoms with van der Waals surface area (Å²) in [7, 11) is 0. The Bertz CT molecular complexity index is 554. The van der Waals surface area contributed by atoms with Crippen molar-refractivity contribution in [1.82, 2.24) is 4.98 Å². The van der Waals surface area contributed by atoms with Crippen LogP contribution in [0.15, 0.2) is 24.3 Å². The molecule has 15 heavy (non-hydrogen) atoms. The second kappa shape index (κ2) is 3.97. The highest BCUT2D eigenvalue weighted by Gasteiger charge is 2.16. The molecular formula is C10H4Cl3NO. The monoisotopic (exact) mass is 259 g/mol. The number of benzene rings is 1. The third-order valence-electron chi connectivity index (χ3n) is 1.98. The number of hydrogen-bond donors (Lipinski definition) is 0. The highest BCUT2D eigenvalue weighted by molar-refractivity contribution is 6.70. The quantitative estimate of drug-likeness (QED) is 0.574. The molecule has 0 saturated carbocycles. The zero-order valence-electron chi connectivity index (χ0n) is 7.30. The Labute approximate surface area is 101 Å². The van der Waals surface area contributed by atoms with Gasteiger partial charge in [0.05, 0.1) is 16.1 Å². The van der Waals surface area contributed by atoms with Gasteiger partial charge in [-0.05, 0) is 17.7 Å². The molecule has 1 heterocycles. The summed E-state index contributed by atoms with van der Waals surface area (Å²) in [6.07, 6.45) is 0. The highest BCUT2D eigenvalue weighted by atomic mass is 35.5. The van der Waals surface area contributed by atoms with E-state index in [4.69, 9.17) is 34.8 Å². The highest BCUT2D eigenvalue weighted by Crippen LogP contribution is 2.31. The lowest BCUT2D eigenvalue weighted by atomic mass is 10.2. The molecule has 0 fully saturated rings. The molecule has 1 aromatic carbocycles. The van der Waals surface area contributed by atoms with Gasteiger partial charge in [-0.15, -0.1) is 0 Å². The average molecular weight is 261 g/mol. The lowest BCUT2D eigenvalue weighted by molar-refractivity contribution is 0.108. The van der Waals surface area contributed by atoms with Crippen molar-refractivity contribution in [2.24, 2.45) is 0 Å². The first-order valence-electron chi connectivity index (χ1n) is 4.05. The van der Waals surface area contributed by atoms with Gasteiger partial charge < -0.3 is 0 Å².